The summed E-state index contributed by atoms with van der Waals surface area (Å²) in [6.45, 7) is 4.24. The van der Waals surface area contributed by atoms with E-state index in [4.69, 9.17) is 14.2 Å². The summed E-state index contributed by atoms with van der Waals surface area (Å²) in [5, 5.41) is 2.86. The van der Waals surface area contributed by atoms with Crippen molar-refractivity contribution in [3.8, 4) is 17.2 Å². The highest BCUT2D eigenvalue weighted by Gasteiger charge is 2.34. The fourth-order valence-electron chi connectivity index (χ4n) is 2.46. The van der Waals surface area contributed by atoms with Crippen LogP contribution >= 0.6 is 0 Å². The maximum Gasteiger partial charge on any atom is 0.269 e. The Labute approximate surface area is 135 Å². The van der Waals surface area contributed by atoms with E-state index in [1.807, 2.05) is 50.2 Å². The summed E-state index contributed by atoms with van der Waals surface area (Å²) in [6.07, 6.45) is -1.11. The maximum absolute atomic E-state index is 12.6. The summed E-state index contributed by atoms with van der Waals surface area (Å²) in [4.78, 5) is 12.6. The Morgan fingerprint density at radius 3 is 2.48 bits per heavy atom. The third-order valence-electron chi connectivity index (χ3n) is 3.55. The van der Waals surface area contributed by atoms with Gasteiger partial charge in [-0.3, -0.25) is 4.79 Å². The van der Waals surface area contributed by atoms with Gasteiger partial charge in [-0.15, -0.1) is 0 Å². The van der Waals surface area contributed by atoms with Crippen LogP contribution in [0.4, 0.5) is 5.69 Å². The van der Waals surface area contributed by atoms with Gasteiger partial charge in [-0.25, -0.2) is 0 Å². The molecule has 0 fully saturated rings. The SMILES string of the molecule is CCOc1ccccc1NC(=O)C1Oc2ccccc2OC1C. The van der Waals surface area contributed by atoms with Crippen molar-refractivity contribution >= 4 is 11.6 Å². The van der Waals surface area contributed by atoms with Crippen molar-refractivity contribution < 1.29 is 19.0 Å². The summed E-state index contributed by atoms with van der Waals surface area (Å²) in [6, 6.07) is 14.6. The second kappa shape index (κ2) is 6.60. The lowest BCUT2D eigenvalue weighted by atomic mass is 10.1. The minimum absolute atomic E-state index is 0.265. The third-order valence-corrected chi connectivity index (χ3v) is 3.55. The van der Waals surface area contributed by atoms with Crippen LogP contribution in [0.1, 0.15) is 13.8 Å². The number of hydrogen-bond donors (Lipinski definition) is 1. The molecular formula is C18H19NO4. The Morgan fingerprint density at radius 2 is 1.74 bits per heavy atom. The van der Waals surface area contributed by atoms with Gasteiger partial charge >= 0.3 is 0 Å². The Bertz CT molecular complexity index is 701. The lowest BCUT2D eigenvalue weighted by Gasteiger charge is -2.31. The average Bonchev–Trinajstić information content (AvgIpc) is 2.56. The first kappa shape index (κ1) is 15.2. The van der Waals surface area contributed by atoms with E-state index in [0.717, 1.165) is 0 Å². The number of carbonyl (C=O) groups is 1. The van der Waals surface area contributed by atoms with Crippen molar-refractivity contribution in [2.45, 2.75) is 26.1 Å². The second-order valence-electron chi connectivity index (χ2n) is 5.23. The molecule has 5 nitrogen and oxygen atoms in total. The van der Waals surface area contributed by atoms with E-state index in [2.05, 4.69) is 5.32 Å². The van der Waals surface area contributed by atoms with E-state index in [0.29, 0.717) is 29.5 Å². The molecule has 1 heterocycles. The molecule has 23 heavy (non-hydrogen) atoms. The maximum atomic E-state index is 12.6. The molecule has 5 heteroatoms. The number of nitrogens with one attached hydrogen (secondary N) is 1. The molecule has 1 aliphatic rings. The molecule has 1 N–H and O–H groups in total. The van der Waals surface area contributed by atoms with Gasteiger partial charge in [-0.05, 0) is 38.1 Å². The predicted molar refractivity (Wildman–Crippen MR) is 87.2 cm³/mol. The first-order chi connectivity index (χ1) is 11.2. The molecule has 0 bridgehead atoms. The van der Waals surface area contributed by atoms with Crippen molar-refractivity contribution in [2.75, 3.05) is 11.9 Å². The quantitative estimate of drug-likeness (QED) is 0.941. The van der Waals surface area contributed by atoms with Crippen LogP contribution in [-0.4, -0.2) is 24.7 Å². The smallest absolute Gasteiger partial charge is 0.269 e. The first-order valence-electron chi connectivity index (χ1n) is 7.64. The number of para-hydroxylation sites is 4. The zero-order chi connectivity index (χ0) is 16.2. The van der Waals surface area contributed by atoms with Crippen LogP contribution in [0, 0.1) is 0 Å². The summed E-state index contributed by atoms with van der Waals surface area (Å²) >= 11 is 0. The van der Waals surface area contributed by atoms with E-state index in [-0.39, 0.29) is 12.0 Å². The van der Waals surface area contributed by atoms with Crippen molar-refractivity contribution in [2.24, 2.45) is 0 Å². The molecule has 0 radical (unpaired) electrons. The summed E-state index contributed by atoms with van der Waals surface area (Å²) < 4.78 is 17.1. The molecule has 120 valence electrons. The minimum atomic E-state index is -0.723. The van der Waals surface area contributed by atoms with Gasteiger partial charge in [0.1, 0.15) is 11.9 Å². The number of anilines is 1. The van der Waals surface area contributed by atoms with Crippen LogP contribution in [-0.2, 0) is 4.79 Å². The van der Waals surface area contributed by atoms with Gasteiger partial charge in [-0.1, -0.05) is 24.3 Å². The normalized spacial score (nSPS) is 19.0. The lowest BCUT2D eigenvalue weighted by molar-refractivity contribution is -0.128. The topological polar surface area (TPSA) is 56.8 Å². The molecule has 3 rings (SSSR count). The standard InChI is InChI=1S/C18H19NO4/c1-3-21-14-9-5-4-8-13(14)19-18(20)17-12(2)22-15-10-6-7-11-16(15)23-17/h4-12,17H,3H2,1-2H3,(H,19,20). The minimum Gasteiger partial charge on any atom is -0.492 e. The van der Waals surface area contributed by atoms with Crippen molar-refractivity contribution in [3.63, 3.8) is 0 Å². The summed E-state index contributed by atoms with van der Waals surface area (Å²) in [5.74, 6) is 1.59. The fourth-order valence-corrected chi connectivity index (χ4v) is 2.46. The number of carbonyl (C=O) groups excluding carboxylic acids is 1. The molecule has 2 unspecified atom stereocenters. The monoisotopic (exact) mass is 313 g/mol. The van der Waals surface area contributed by atoms with Gasteiger partial charge in [0.2, 0.25) is 6.10 Å². The van der Waals surface area contributed by atoms with Gasteiger partial charge in [0.15, 0.2) is 11.5 Å². The number of benzene rings is 2. The molecule has 0 spiro atoms. The fraction of sp³-hybridized carbons (Fsp3) is 0.278. The highest BCUT2D eigenvalue weighted by Crippen LogP contribution is 2.34. The zero-order valence-electron chi connectivity index (χ0n) is 13.1. The summed E-state index contributed by atoms with van der Waals surface area (Å²) in [5.41, 5.74) is 0.619. The number of ether oxygens (including phenoxy) is 3. The molecule has 0 saturated carbocycles. The second-order valence-corrected chi connectivity index (χ2v) is 5.23. The number of hydrogen-bond acceptors (Lipinski definition) is 4. The number of rotatable bonds is 4. The van der Waals surface area contributed by atoms with Gasteiger partial charge in [0.05, 0.1) is 12.3 Å². The van der Waals surface area contributed by atoms with E-state index in [1.54, 1.807) is 12.1 Å². The van der Waals surface area contributed by atoms with Crippen LogP contribution in [0.2, 0.25) is 0 Å². The Hall–Kier alpha value is -2.69. The molecule has 0 aromatic heterocycles. The van der Waals surface area contributed by atoms with E-state index < -0.39 is 6.10 Å². The van der Waals surface area contributed by atoms with Gasteiger partial charge < -0.3 is 19.5 Å². The average molecular weight is 313 g/mol. The van der Waals surface area contributed by atoms with Gasteiger partial charge in [0, 0.05) is 0 Å². The Balaban J connectivity index is 1.76. The van der Waals surface area contributed by atoms with Crippen LogP contribution < -0.4 is 19.5 Å². The van der Waals surface area contributed by atoms with Crippen molar-refractivity contribution in [3.05, 3.63) is 48.5 Å². The lowest BCUT2D eigenvalue weighted by Crippen LogP contribution is -2.46. The Morgan fingerprint density at radius 1 is 1.09 bits per heavy atom. The van der Waals surface area contributed by atoms with Crippen LogP contribution in [0.25, 0.3) is 0 Å². The van der Waals surface area contributed by atoms with Gasteiger partial charge in [0.25, 0.3) is 5.91 Å². The van der Waals surface area contributed by atoms with E-state index in [1.165, 1.54) is 0 Å². The molecule has 1 amide bonds. The first-order valence-corrected chi connectivity index (χ1v) is 7.64. The highest BCUT2D eigenvalue weighted by atomic mass is 16.6. The van der Waals surface area contributed by atoms with Crippen molar-refractivity contribution in [1.29, 1.82) is 0 Å². The third kappa shape index (κ3) is 3.23. The van der Waals surface area contributed by atoms with Crippen LogP contribution in [0.3, 0.4) is 0 Å². The van der Waals surface area contributed by atoms with E-state index in [9.17, 15) is 4.79 Å². The highest BCUT2D eigenvalue weighted by molar-refractivity contribution is 5.96. The van der Waals surface area contributed by atoms with Crippen LogP contribution in [0.5, 0.6) is 17.2 Å². The number of amides is 1. The molecule has 2 aromatic carbocycles. The van der Waals surface area contributed by atoms with E-state index >= 15 is 0 Å². The molecular weight excluding hydrogens is 294 g/mol. The molecule has 2 aromatic rings. The molecule has 1 aliphatic heterocycles. The van der Waals surface area contributed by atoms with Crippen LogP contribution in [0.15, 0.2) is 48.5 Å². The Kier molecular flexibility index (Phi) is 4.37. The molecule has 0 aliphatic carbocycles. The molecule has 2 atom stereocenters. The van der Waals surface area contributed by atoms with Gasteiger partial charge in [-0.2, -0.15) is 0 Å². The molecule has 0 saturated heterocycles. The summed E-state index contributed by atoms with van der Waals surface area (Å²) in [7, 11) is 0. The predicted octanol–water partition coefficient (Wildman–Crippen LogP) is 3.25. The largest absolute Gasteiger partial charge is 0.492 e. The number of fused-ring (bicyclic) bond motifs is 1. The van der Waals surface area contributed by atoms with Crippen molar-refractivity contribution in [1.82, 2.24) is 0 Å². The zero-order valence-corrected chi connectivity index (χ0v) is 13.1.